The number of amides is 2. The van der Waals surface area contributed by atoms with E-state index in [1.807, 2.05) is 24.3 Å². The molecule has 3 fully saturated rings. The number of carbonyl (C=O) groups excluding carboxylic acids is 3. The number of anilines is 2. The summed E-state index contributed by atoms with van der Waals surface area (Å²) < 4.78 is 4.69. The molecule has 3 aliphatic rings. The highest BCUT2D eigenvalue weighted by Crippen LogP contribution is 2.68. The lowest BCUT2D eigenvalue weighted by molar-refractivity contribution is -0.154. The number of benzene rings is 1. The molecule has 6 atom stereocenters. The van der Waals surface area contributed by atoms with Gasteiger partial charge in [-0.2, -0.15) is 0 Å². The van der Waals surface area contributed by atoms with Crippen molar-refractivity contribution in [3.05, 3.63) is 36.9 Å². The van der Waals surface area contributed by atoms with Crippen LogP contribution in [-0.4, -0.2) is 83.2 Å². The number of likely N-dealkylation sites (tertiary alicyclic amines) is 1. The van der Waals surface area contributed by atoms with Gasteiger partial charge in [0, 0.05) is 49.4 Å². The number of hydrogen-bond acceptors (Lipinski definition) is 7. The van der Waals surface area contributed by atoms with Crippen molar-refractivity contribution in [3.63, 3.8) is 0 Å². The monoisotopic (exact) mass is 543 g/mol. The lowest BCUT2D eigenvalue weighted by Crippen LogP contribution is -2.57. The molecule has 4 rings (SSSR count). The Hall–Kier alpha value is -2.52. The number of aliphatic hydroxyl groups is 1. The molecule has 0 aromatic heterocycles. The van der Waals surface area contributed by atoms with E-state index in [-0.39, 0.29) is 48.7 Å². The summed E-state index contributed by atoms with van der Waals surface area (Å²) in [5.74, 6) is -1.78. The Kier molecular flexibility index (Phi) is 8.77. The van der Waals surface area contributed by atoms with Crippen LogP contribution in [0.15, 0.2) is 36.9 Å². The molecule has 9 heteroatoms. The zero-order valence-corrected chi connectivity index (χ0v) is 23.8. The second kappa shape index (κ2) is 11.7. The summed E-state index contributed by atoms with van der Waals surface area (Å²) in [6, 6.07) is 7.20. The predicted molar refractivity (Wildman–Crippen MR) is 151 cm³/mol. The van der Waals surface area contributed by atoms with Crippen LogP contribution in [0, 0.1) is 17.8 Å². The summed E-state index contributed by atoms with van der Waals surface area (Å²) in [5.41, 5.74) is 1.83. The van der Waals surface area contributed by atoms with Gasteiger partial charge in [-0.25, -0.2) is 0 Å². The van der Waals surface area contributed by atoms with Crippen LogP contribution in [0.5, 0.6) is 0 Å². The number of rotatable bonds is 12. The molecule has 3 unspecified atom stereocenters. The fourth-order valence-corrected chi connectivity index (χ4v) is 9.22. The van der Waals surface area contributed by atoms with Gasteiger partial charge in [-0.15, -0.1) is 18.3 Å². The zero-order valence-electron chi connectivity index (χ0n) is 23.0. The largest absolute Gasteiger partial charge is 0.466 e. The molecule has 1 aromatic rings. The fourth-order valence-electron chi connectivity index (χ4n) is 6.82. The maximum Gasteiger partial charge on any atom is 0.310 e. The summed E-state index contributed by atoms with van der Waals surface area (Å²) in [6.45, 7) is 14.5. The van der Waals surface area contributed by atoms with Crippen molar-refractivity contribution in [1.82, 2.24) is 4.90 Å². The third kappa shape index (κ3) is 4.51. The normalized spacial score (nSPS) is 29.3. The van der Waals surface area contributed by atoms with Crippen LogP contribution >= 0.6 is 11.8 Å². The molecule has 3 heterocycles. The van der Waals surface area contributed by atoms with Crippen molar-refractivity contribution in [2.75, 3.05) is 49.2 Å². The van der Waals surface area contributed by atoms with Crippen LogP contribution in [0.3, 0.4) is 0 Å². The first-order chi connectivity index (χ1) is 18.3. The maximum absolute atomic E-state index is 14.5. The van der Waals surface area contributed by atoms with E-state index in [0.29, 0.717) is 13.0 Å². The SMILES string of the molecule is C=CCN(C(=O)C1N(CCCO)C(=O)[C@@H]2[C@H](C(=O)OCC)[C@@H]3CC(C)C12S3)c1ccc(N(CC)CC)cc1. The Balaban J connectivity index is 1.75. The first-order valence-electron chi connectivity index (χ1n) is 13.8. The minimum Gasteiger partial charge on any atom is -0.466 e. The molecular formula is C29H41N3O5S. The third-order valence-corrected chi connectivity index (χ3v) is 10.5. The summed E-state index contributed by atoms with van der Waals surface area (Å²) >= 11 is 1.63. The van der Waals surface area contributed by atoms with Crippen molar-refractivity contribution in [2.24, 2.45) is 17.8 Å². The third-order valence-electron chi connectivity index (χ3n) is 8.46. The van der Waals surface area contributed by atoms with Gasteiger partial charge in [-0.1, -0.05) is 13.0 Å². The van der Waals surface area contributed by atoms with Gasteiger partial charge in [-0.3, -0.25) is 14.4 Å². The van der Waals surface area contributed by atoms with Gasteiger partial charge >= 0.3 is 5.97 Å². The second-order valence-corrected chi connectivity index (χ2v) is 11.9. The number of aliphatic hydroxyl groups excluding tert-OH is 1. The van der Waals surface area contributed by atoms with Crippen LogP contribution in [0.4, 0.5) is 11.4 Å². The highest BCUT2D eigenvalue weighted by molar-refractivity contribution is 8.02. The maximum atomic E-state index is 14.5. The Morgan fingerprint density at radius 2 is 1.87 bits per heavy atom. The van der Waals surface area contributed by atoms with Crippen LogP contribution in [0.25, 0.3) is 0 Å². The Morgan fingerprint density at radius 3 is 2.45 bits per heavy atom. The summed E-state index contributed by atoms with van der Waals surface area (Å²) in [7, 11) is 0. The topological polar surface area (TPSA) is 90.4 Å². The average Bonchev–Trinajstić information content (AvgIpc) is 3.50. The molecule has 208 valence electrons. The van der Waals surface area contributed by atoms with Crippen molar-refractivity contribution in [1.29, 1.82) is 0 Å². The number of ether oxygens (including phenoxy) is 1. The van der Waals surface area contributed by atoms with Gasteiger partial charge in [0.15, 0.2) is 0 Å². The molecule has 1 N–H and O–H groups in total. The lowest BCUT2D eigenvalue weighted by Gasteiger charge is -2.40. The number of nitrogens with zero attached hydrogens (tertiary/aromatic N) is 3. The van der Waals surface area contributed by atoms with Crippen LogP contribution in [-0.2, 0) is 19.1 Å². The minimum atomic E-state index is -0.738. The number of thioether (sulfide) groups is 1. The molecule has 2 bridgehead atoms. The van der Waals surface area contributed by atoms with Gasteiger partial charge < -0.3 is 24.5 Å². The van der Waals surface area contributed by atoms with Gasteiger partial charge in [0.25, 0.3) is 5.91 Å². The fraction of sp³-hybridized carbons (Fsp3) is 0.621. The van der Waals surface area contributed by atoms with Crippen molar-refractivity contribution in [2.45, 2.75) is 56.6 Å². The lowest BCUT2D eigenvalue weighted by atomic mass is 9.66. The van der Waals surface area contributed by atoms with E-state index in [1.165, 1.54) is 0 Å². The number of esters is 1. The molecule has 3 aliphatic heterocycles. The first-order valence-corrected chi connectivity index (χ1v) is 14.7. The van der Waals surface area contributed by atoms with E-state index in [9.17, 15) is 19.5 Å². The van der Waals surface area contributed by atoms with E-state index >= 15 is 0 Å². The Labute approximate surface area is 230 Å². The van der Waals surface area contributed by atoms with E-state index in [4.69, 9.17) is 4.74 Å². The quantitative estimate of drug-likeness (QED) is 0.319. The minimum absolute atomic E-state index is 0.0468. The molecule has 1 aromatic carbocycles. The Morgan fingerprint density at radius 1 is 1.21 bits per heavy atom. The van der Waals surface area contributed by atoms with Crippen molar-refractivity contribution >= 4 is 40.9 Å². The molecular weight excluding hydrogens is 502 g/mol. The molecule has 8 nitrogen and oxygen atoms in total. The number of carbonyl (C=O) groups is 3. The van der Waals surface area contributed by atoms with E-state index in [2.05, 4.69) is 32.3 Å². The molecule has 1 spiro atoms. The Bertz CT molecular complexity index is 1050. The molecule has 0 saturated carbocycles. The highest BCUT2D eigenvalue weighted by atomic mass is 32.2. The standard InChI is InChI=1S/C29H41N3O5S/c1-6-15-31(21-13-11-20(12-14-21)30(7-2)8-3)27(35)25-29-19(5)18-22(38-29)23(28(36)37-9-4)24(29)26(34)32(25)16-10-17-33/h6,11-14,19,22-25,33H,1,7-10,15-18H2,2-5H3/t19?,22-,23+,24-,25?,29?/m0/s1. The van der Waals surface area contributed by atoms with E-state index in [0.717, 1.165) is 30.9 Å². The average molecular weight is 544 g/mol. The zero-order chi connectivity index (χ0) is 27.6. The van der Waals surface area contributed by atoms with Gasteiger partial charge in [0.1, 0.15) is 6.04 Å². The van der Waals surface area contributed by atoms with Crippen molar-refractivity contribution < 1.29 is 24.2 Å². The van der Waals surface area contributed by atoms with Crippen LogP contribution < -0.4 is 9.80 Å². The number of hydrogen-bond donors (Lipinski definition) is 1. The van der Waals surface area contributed by atoms with Gasteiger partial charge in [0.2, 0.25) is 5.91 Å². The summed E-state index contributed by atoms with van der Waals surface area (Å²) in [4.78, 5) is 47.2. The van der Waals surface area contributed by atoms with Gasteiger partial charge in [-0.05, 0) is 63.8 Å². The van der Waals surface area contributed by atoms with E-state index in [1.54, 1.807) is 34.6 Å². The van der Waals surface area contributed by atoms with Gasteiger partial charge in [0.05, 0.1) is 23.2 Å². The molecule has 0 aliphatic carbocycles. The molecule has 3 saturated heterocycles. The molecule has 38 heavy (non-hydrogen) atoms. The smallest absolute Gasteiger partial charge is 0.310 e. The summed E-state index contributed by atoms with van der Waals surface area (Å²) in [5, 5.41) is 9.54. The predicted octanol–water partition coefficient (Wildman–Crippen LogP) is 3.33. The number of fused-ring (bicyclic) bond motifs is 1. The molecule has 2 amide bonds. The van der Waals surface area contributed by atoms with Crippen LogP contribution in [0.1, 0.15) is 40.5 Å². The van der Waals surface area contributed by atoms with Crippen molar-refractivity contribution in [3.8, 4) is 0 Å². The summed E-state index contributed by atoms with van der Waals surface area (Å²) in [6.07, 6.45) is 2.82. The first kappa shape index (κ1) is 28.5. The van der Waals surface area contributed by atoms with Crippen LogP contribution in [0.2, 0.25) is 0 Å². The van der Waals surface area contributed by atoms with E-state index < -0.39 is 22.6 Å². The molecule has 0 radical (unpaired) electrons. The highest BCUT2D eigenvalue weighted by Gasteiger charge is 2.76. The second-order valence-electron chi connectivity index (χ2n) is 10.3.